The minimum atomic E-state index is -0.980. The number of rotatable bonds is 7. The number of hydrogen-bond acceptors (Lipinski definition) is 3. The average Bonchev–Trinajstić information content (AvgIpc) is 2.59. The second-order valence-electron chi connectivity index (χ2n) is 5.41. The maximum Gasteiger partial charge on any atom is 0.303 e. The molecular formula is C19H20O4. The zero-order valence-corrected chi connectivity index (χ0v) is 13.3. The molecule has 0 saturated carbocycles. The normalized spacial score (nSPS) is 11.7. The van der Waals surface area contributed by atoms with Crippen LogP contribution in [-0.4, -0.2) is 24.0 Å². The third-order valence-electron chi connectivity index (χ3n) is 3.89. The van der Waals surface area contributed by atoms with Crippen molar-refractivity contribution in [1.82, 2.24) is 0 Å². The van der Waals surface area contributed by atoms with Crippen LogP contribution in [0, 0.1) is 0 Å². The van der Waals surface area contributed by atoms with Crippen LogP contribution < -0.4 is 4.74 Å². The van der Waals surface area contributed by atoms with Crippen molar-refractivity contribution in [3.05, 3.63) is 65.2 Å². The molecule has 0 fully saturated rings. The van der Waals surface area contributed by atoms with Gasteiger partial charge in [-0.15, -0.1) is 0 Å². The van der Waals surface area contributed by atoms with Crippen LogP contribution >= 0.6 is 0 Å². The maximum absolute atomic E-state index is 12.3. The van der Waals surface area contributed by atoms with Crippen LogP contribution in [0.1, 0.15) is 47.2 Å². The SMILES string of the molecule is COc1ccc(C(C)c2ccccc2)cc1C(=O)CCC(=O)O. The van der Waals surface area contributed by atoms with E-state index in [-0.39, 0.29) is 24.5 Å². The second-order valence-corrected chi connectivity index (χ2v) is 5.41. The van der Waals surface area contributed by atoms with Crippen LogP contribution in [0.25, 0.3) is 0 Å². The first kappa shape index (κ1) is 16.7. The molecular weight excluding hydrogens is 292 g/mol. The number of aliphatic carboxylic acids is 1. The summed E-state index contributed by atoms with van der Waals surface area (Å²) in [7, 11) is 1.50. The quantitative estimate of drug-likeness (QED) is 0.788. The Hall–Kier alpha value is -2.62. The molecule has 0 spiro atoms. The number of carboxylic acids is 1. The van der Waals surface area contributed by atoms with Crippen LogP contribution in [0.5, 0.6) is 5.75 Å². The Balaban J connectivity index is 2.31. The molecule has 0 heterocycles. The predicted octanol–water partition coefficient (Wildman–Crippen LogP) is 3.89. The third-order valence-corrected chi connectivity index (χ3v) is 3.89. The van der Waals surface area contributed by atoms with Crippen molar-refractivity contribution in [2.45, 2.75) is 25.7 Å². The fourth-order valence-corrected chi connectivity index (χ4v) is 2.50. The topological polar surface area (TPSA) is 63.6 Å². The number of Topliss-reactive ketones (excluding diaryl/α,β-unsaturated/α-hetero) is 1. The number of hydrogen-bond donors (Lipinski definition) is 1. The van der Waals surface area contributed by atoms with Gasteiger partial charge in [0.15, 0.2) is 5.78 Å². The molecule has 2 aromatic carbocycles. The van der Waals surface area contributed by atoms with E-state index in [0.717, 1.165) is 11.1 Å². The van der Waals surface area contributed by atoms with Crippen molar-refractivity contribution in [2.24, 2.45) is 0 Å². The van der Waals surface area contributed by atoms with Crippen molar-refractivity contribution in [2.75, 3.05) is 7.11 Å². The number of carboxylic acid groups (broad SMARTS) is 1. The van der Waals surface area contributed by atoms with Crippen LogP contribution in [0.15, 0.2) is 48.5 Å². The summed E-state index contributed by atoms with van der Waals surface area (Å²) in [4.78, 5) is 23.0. The molecule has 23 heavy (non-hydrogen) atoms. The fraction of sp³-hybridized carbons (Fsp3) is 0.263. The molecule has 1 N–H and O–H groups in total. The lowest BCUT2D eigenvalue weighted by Crippen LogP contribution is -2.07. The molecule has 120 valence electrons. The third kappa shape index (κ3) is 4.19. The molecule has 0 amide bonds. The number of ketones is 1. The molecule has 2 aromatic rings. The second kappa shape index (κ2) is 7.58. The number of ether oxygens (including phenoxy) is 1. The van der Waals surface area contributed by atoms with Crippen LogP contribution in [-0.2, 0) is 4.79 Å². The van der Waals surface area contributed by atoms with Gasteiger partial charge in [0.05, 0.1) is 19.1 Å². The van der Waals surface area contributed by atoms with E-state index in [0.29, 0.717) is 11.3 Å². The smallest absolute Gasteiger partial charge is 0.303 e. The van der Waals surface area contributed by atoms with Crippen molar-refractivity contribution in [3.8, 4) is 5.75 Å². The largest absolute Gasteiger partial charge is 0.496 e. The van der Waals surface area contributed by atoms with Gasteiger partial charge in [-0.1, -0.05) is 43.3 Å². The van der Waals surface area contributed by atoms with Crippen molar-refractivity contribution >= 4 is 11.8 Å². The first-order chi connectivity index (χ1) is 11.0. The summed E-state index contributed by atoms with van der Waals surface area (Å²) < 4.78 is 5.25. The minimum Gasteiger partial charge on any atom is -0.496 e. The lowest BCUT2D eigenvalue weighted by molar-refractivity contribution is -0.136. The van der Waals surface area contributed by atoms with Gasteiger partial charge in [0, 0.05) is 12.3 Å². The molecule has 0 aliphatic heterocycles. The Labute approximate surface area is 135 Å². The molecule has 0 aromatic heterocycles. The summed E-state index contributed by atoms with van der Waals surface area (Å²) in [5.41, 5.74) is 2.59. The maximum atomic E-state index is 12.3. The number of carbonyl (C=O) groups excluding carboxylic acids is 1. The first-order valence-electron chi connectivity index (χ1n) is 7.50. The van der Waals surface area contributed by atoms with Gasteiger partial charge in [0.2, 0.25) is 0 Å². The number of carbonyl (C=O) groups is 2. The average molecular weight is 312 g/mol. The molecule has 0 aliphatic carbocycles. The molecule has 0 saturated heterocycles. The van der Waals surface area contributed by atoms with E-state index in [1.54, 1.807) is 12.1 Å². The molecule has 1 unspecified atom stereocenters. The molecule has 4 nitrogen and oxygen atoms in total. The van der Waals surface area contributed by atoms with Gasteiger partial charge in [-0.3, -0.25) is 9.59 Å². The Morgan fingerprint density at radius 3 is 2.35 bits per heavy atom. The lowest BCUT2D eigenvalue weighted by atomic mass is 9.91. The predicted molar refractivity (Wildman–Crippen MR) is 88.2 cm³/mol. The highest BCUT2D eigenvalue weighted by Gasteiger charge is 2.17. The Morgan fingerprint density at radius 1 is 1.04 bits per heavy atom. The standard InChI is InChI=1S/C19H20O4/c1-13(14-6-4-3-5-7-14)15-8-10-18(23-2)16(12-15)17(20)9-11-19(21)22/h3-8,10,12-13H,9,11H2,1-2H3,(H,21,22). The molecule has 4 heteroatoms. The Morgan fingerprint density at radius 2 is 1.74 bits per heavy atom. The van der Waals surface area contributed by atoms with Crippen molar-refractivity contribution < 1.29 is 19.4 Å². The fourth-order valence-electron chi connectivity index (χ4n) is 2.50. The molecule has 0 bridgehead atoms. The summed E-state index contributed by atoms with van der Waals surface area (Å²) in [5, 5.41) is 8.74. The van der Waals surface area contributed by atoms with E-state index in [2.05, 4.69) is 6.92 Å². The highest BCUT2D eigenvalue weighted by Crippen LogP contribution is 2.29. The van der Waals surface area contributed by atoms with Gasteiger partial charge in [-0.05, 0) is 23.3 Å². The summed E-state index contributed by atoms with van der Waals surface area (Å²) >= 11 is 0. The van der Waals surface area contributed by atoms with E-state index < -0.39 is 5.97 Å². The highest BCUT2D eigenvalue weighted by molar-refractivity contribution is 6.00. The zero-order valence-electron chi connectivity index (χ0n) is 13.3. The van der Waals surface area contributed by atoms with E-state index in [1.165, 1.54) is 7.11 Å². The lowest BCUT2D eigenvalue weighted by Gasteiger charge is -2.15. The zero-order chi connectivity index (χ0) is 16.8. The summed E-state index contributed by atoms with van der Waals surface area (Å²) in [6, 6.07) is 15.5. The van der Waals surface area contributed by atoms with Crippen molar-refractivity contribution in [3.63, 3.8) is 0 Å². The van der Waals surface area contributed by atoms with Crippen LogP contribution in [0.2, 0.25) is 0 Å². The highest BCUT2D eigenvalue weighted by atomic mass is 16.5. The van der Waals surface area contributed by atoms with Gasteiger partial charge >= 0.3 is 5.97 Å². The van der Waals surface area contributed by atoms with Gasteiger partial charge in [-0.25, -0.2) is 0 Å². The molecule has 0 aliphatic rings. The first-order valence-corrected chi connectivity index (χ1v) is 7.50. The molecule has 2 rings (SSSR count). The van der Waals surface area contributed by atoms with E-state index in [4.69, 9.17) is 9.84 Å². The van der Waals surface area contributed by atoms with Crippen LogP contribution in [0.4, 0.5) is 0 Å². The minimum absolute atomic E-state index is 0.0329. The molecule has 1 atom stereocenters. The Bertz CT molecular complexity index is 692. The van der Waals surface area contributed by atoms with Gasteiger partial charge < -0.3 is 9.84 Å². The Kier molecular flexibility index (Phi) is 5.52. The summed E-state index contributed by atoms with van der Waals surface area (Å²) in [6.45, 7) is 2.07. The summed E-state index contributed by atoms with van der Waals surface area (Å²) in [5.74, 6) is -0.588. The molecule has 0 radical (unpaired) electrons. The van der Waals surface area contributed by atoms with Gasteiger partial charge in [-0.2, -0.15) is 0 Å². The van der Waals surface area contributed by atoms with E-state index >= 15 is 0 Å². The van der Waals surface area contributed by atoms with Gasteiger partial charge in [0.1, 0.15) is 5.75 Å². The summed E-state index contributed by atoms with van der Waals surface area (Å²) in [6.07, 6.45) is -0.213. The number of methoxy groups -OCH3 is 1. The van der Waals surface area contributed by atoms with Gasteiger partial charge in [0.25, 0.3) is 0 Å². The number of benzene rings is 2. The van der Waals surface area contributed by atoms with Crippen LogP contribution in [0.3, 0.4) is 0 Å². The van der Waals surface area contributed by atoms with E-state index in [9.17, 15) is 9.59 Å². The van der Waals surface area contributed by atoms with E-state index in [1.807, 2.05) is 36.4 Å². The monoisotopic (exact) mass is 312 g/mol. The van der Waals surface area contributed by atoms with Crippen molar-refractivity contribution in [1.29, 1.82) is 0 Å².